The van der Waals surface area contributed by atoms with Crippen molar-refractivity contribution >= 4 is 31.7 Å². The Hall–Kier alpha value is -2.14. The lowest BCUT2D eigenvalue weighted by Gasteiger charge is -2.02. The minimum Gasteiger partial charge on any atom is -0.286 e. The highest BCUT2D eigenvalue weighted by molar-refractivity contribution is 9.18. The molecule has 0 atom stereocenters. The Labute approximate surface area is 130 Å². The van der Waals surface area contributed by atoms with E-state index in [0.717, 1.165) is 22.3 Å². The highest BCUT2D eigenvalue weighted by Gasteiger charge is 2.07. The molecule has 3 aromatic rings. The van der Waals surface area contributed by atoms with Gasteiger partial charge < -0.3 is 0 Å². The van der Waals surface area contributed by atoms with Gasteiger partial charge in [0.2, 0.25) is 4.69 Å². The smallest absolute Gasteiger partial charge is 0.204 e. The minimum atomic E-state index is 0.0134. The molecule has 104 valence electrons. The molecular formula is C16H13BrN3O+. The number of carbonyl (C=O) groups excluding carboxylic acids is 1. The Kier molecular flexibility index (Phi) is 4.01. The molecule has 0 aliphatic carbocycles. The summed E-state index contributed by atoms with van der Waals surface area (Å²) in [5.41, 5.74) is 3.63. The maximum absolute atomic E-state index is 10.9. The molecule has 2 heterocycles. The molecule has 0 aliphatic rings. The van der Waals surface area contributed by atoms with Crippen molar-refractivity contribution in [1.82, 2.24) is 9.97 Å². The van der Waals surface area contributed by atoms with Gasteiger partial charge in [0.1, 0.15) is 0 Å². The van der Waals surface area contributed by atoms with Gasteiger partial charge in [-0.05, 0) is 28.1 Å². The van der Waals surface area contributed by atoms with E-state index in [4.69, 9.17) is 0 Å². The lowest BCUT2D eigenvalue weighted by atomic mass is 10.2. The van der Waals surface area contributed by atoms with Crippen LogP contribution < -0.4 is 4.57 Å². The van der Waals surface area contributed by atoms with E-state index >= 15 is 0 Å². The van der Waals surface area contributed by atoms with Gasteiger partial charge >= 0.3 is 0 Å². The summed E-state index contributed by atoms with van der Waals surface area (Å²) in [5.74, 6) is 0. The predicted octanol–water partition coefficient (Wildman–Crippen LogP) is 2.90. The fraction of sp³-hybridized carbons (Fsp3) is 0.125. The number of benzene rings is 1. The van der Waals surface area contributed by atoms with Crippen LogP contribution in [0.25, 0.3) is 22.3 Å². The monoisotopic (exact) mass is 342 g/mol. The quantitative estimate of drug-likeness (QED) is 0.541. The zero-order valence-electron chi connectivity index (χ0n) is 11.2. The van der Waals surface area contributed by atoms with E-state index in [2.05, 4.69) is 25.9 Å². The van der Waals surface area contributed by atoms with Crippen molar-refractivity contribution in [2.75, 3.05) is 0 Å². The number of fused-ring (bicyclic) bond motifs is 1. The van der Waals surface area contributed by atoms with Crippen LogP contribution in [0, 0.1) is 0 Å². The number of nitrogens with zero attached hydrogens (tertiary/aromatic N) is 3. The van der Waals surface area contributed by atoms with Gasteiger partial charge in [0.25, 0.3) is 0 Å². The third kappa shape index (κ3) is 3.31. The average molecular weight is 343 g/mol. The maximum Gasteiger partial charge on any atom is 0.204 e. The summed E-state index contributed by atoms with van der Waals surface area (Å²) in [5, 5.41) is 0. The van der Waals surface area contributed by atoms with Gasteiger partial charge in [-0.3, -0.25) is 9.78 Å². The third-order valence-electron chi connectivity index (χ3n) is 3.20. The molecule has 3 rings (SSSR count). The molecule has 0 bridgehead atoms. The first-order valence-corrected chi connectivity index (χ1v) is 7.41. The zero-order valence-corrected chi connectivity index (χ0v) is 12.8. The second-order valence-corrected chi connectivity index (χ2v) is 5.56. The van der Waals surface area contributed by atoms with Crippen molar-refractivity contribution in [3.63, 3.8) is 0 Å². The Bertz CT molecular complexity index is 787. The fourth-order valence-electron chi connectivity index (χ4n) is 2.09. The molecule has 2 aromatic heterocycles. The Morgan fingerprint density at radius 1 is 1.10 bits per heavy atom. The second kappa shape index (κ2) is 6.10. The Morgan fingerprint density at radius 3 is 2.52 bits per heavy atom. The van der Waals surface area contributed by atoms with Crippen LogP contribution in [0.3, 0.4) is 0 Å². The molecule has 0 aliphatic heterocycles. The summed E-state index contributed by atoms with van der Waals surface area (Å²) in [6.07, 6.45) is 6.15. The van der Waals surface area contributed by atoms with E-state index in [1.165, 1.54) is 0 Å². The van der Waals surface area contributed by atoms with Crippen LogP contribution in [0.4, 0.5) is 0 Å². The maximum atomic E-state index is 10.9. The number of aromatic nitrogens is 3. The summed E-state index contributed by atoms with van der Waals surface area (Å²) in [4.78, 5) is 20.0. The van der Waals surface area contributed by atoms with E-state index in [-0.39, 0.29) is 4.69 Å². The summed E-state index contributed by atoms with van der Waals surface area (Å²) in [6, 6.07) is 11.8. The number of aryl methyl sites for hydroxylation is 1. The lowest BCUT2D eigenvalue weighted by molar-refractivity contribution is -0.695. The van der Waals surface area contributed by atoms with Gasteiger partial charge in [0.05, 0.1) is 29.3 Å². The summed E-state index contributed by atoms with van der Waals surface area (Å²) in [6.45, 7) is 0.660. The first-order chi connectivity index (χ1) is 10.2. The van der Waals surface area contributed by atoms with Crippen LogP contribution in [-0.2, 0) is 11.3 Å². The fourth-order valence-corrected chi connectivity index (χ4v) is 2.27. The topological polar surface area (TPSA) is 46.7 Å². The zero-order chi connectivity index (χ0) is 14.7. The molecule has 0 N–H and O–H groups in total. The molecule has 1 aromatic carbocycles. The first kappa shape index (κ1) is 13.8. The van der Waals surface area contributed by atoms with Crippen molar-refractivity contribution in [2.45, 2.75) is 13.0 Å². The van der Waals surface area contributed by atoms with Gasteiger partial charge in [-0.25, -0.2) is 9.55 Å². The number of halogens is 1. The molecule has 21 heavy (non-hydrogen) atoms. The van der Waals surface area contributed by atoms with Crippen LogP contribution in [0.15, 0.2) is 55.0 Å². The second-order valence-electron chi connectivity index (χ2n) is 4.67. The highest BCUT2D eigenvalue weighted by Crippen LogP contribution is 2.17. The standard InChI is InChI=1S/C16H13BrN3O/c17-16(21)7-10-20-8-5-12(6-9-20)15-11-18-13-3-1-2-4-14(13)19-15/h1-6,8-9,11H,7,10H2/q+1. The molecule has 0 spiro atoms. The van der Waals surface area contributed by atoms with Gasteiger partial charge in [0, 0.05) is 17.7 Å². The van der Waals surface area contributed by atoms with Crippen molar-refractivity contribution < 1.29 is 9.36 Å². The van der Waals surface area contributed by atoms with E-state index < -0.39 is 0 Å². The van der Waals surface area contributed by atoms with Crippen LogP contribution in [0.2, 0.25) is 0 Å². The minimum absolute atomic E-state index is 0.0134. The molecule has 5 heteroatoms. The number of rotatable bonds is 4. The molecule has 0 saturated carbocycles. The summed E-state index contributed by atoms with van der Waals surface area (Å²) < 4.78 is 1.98. The summed E-state index contributed by atoms with van der Waals surface area (Å²) >= 11 is 2.94. The normalized spacial score (nSPS) is 10.7. The molecule has 4 nitrogen and oxygen atoms in total. The highest BCUT2D eigenvalue weighted by atomic mass is 79.9. The van der Waals surface area contributed by atoms with E-state index in [0.29, 0.717) is 13.0 Å². The molecular weight excluding hydrogens is 330 g/mol. The number of para-hydroxylation sites is 2. The largest absolute Gasteiger partial charge is 0.286 e. The van der Waals surface area contributed by atoms with Crippen LogP contribution in [0.5, 0.6) is 0 Å². The SMILES string of the molecule is O=C(Br)CC[n+]1ccc(-c2cnc3ccccc3n2)cc1. The Morgan fingerprint density at radius 2 is 1.81 bits per heavy atom. The Balaban J connectivity index is 1.86. The number of carbonyl (C=O) groups is 1. The van der Waals surface area contributed by atoms with Crippen molar-refractivity contribution in [2.24, 2.45) is 0 Å². The molecule has 0 saturated heterocycles. The number of pyridine rings is 1. The molecule has 0 fully saturated rings. The van der Waals surface area contributed by atoms with Gasteiger partial charge in [-0.15, -0.1) is 0 Å². The lowest BCUT2D eigenvalue weighted by Crippen LogP contribution is -2.33. The van der Waals surface area contributed by atoms with Crippen LogP contribution in [-0.4, -0.2) is 14.7 Å². The average Bonchev–Trinajstić information content (AvgIpc) is 2.53. The van der Waals surface area contributed by atoms with Crippen molar-refractivity contribution in [1.29, 1.82) is 0 Å². The van der Waals surface area contributed by atoms with Crippen LogP contribution in [0.1, 0.15) is 6.42 Å². The molecule has 0 amide bonds. The number of hydrogen-bond acceptors (Lipinski definition) is 3. The van der Waals surface area contributed by atoms with Crippen molar-refractivity contribution in [3.05, 3.63) is 55.0 Å². The molecule has 0 radical (unpaired) electrons. The first-order valence-electron chi connectivity index (χ1n) is 6.62. The predicted molar refractivity (Wildman–Crippen MR) is 83.7 cm³/mol. The number of hydrogen-bond donors (Lipinski definition) is 0. The van der Waals surface area contributed by atoms with Gasteiger partial charge in [0.15, 0.2) is 18.9 Å². The van der Waals surface area contributed by atoms with E-state index in [1.807, 2.05) is 53.4 Å². The van der Waals surface area contributed by atoms with E-state index in [9.17, 15) is 4.79 Å². The summed E-state index contributed by atoms with van der Waals surface area (Å²) in [7, 11) is 0. The van der Waals surface area contributed by atoms with Gasteiger partial charge in [-0.1, -0.05) is 12.1 Å². The van der Waals surface area contributed by atoms with Crippen molar-refractivity contribution in [3.8, 4) is 11.3 Å². The van der Waals surface area contributed by atoms with Crippen LogP contribution >= 0.6 is 15.9 Å². The third-order valence-corrected chi connectivity index (χ3v) is 3.60. The van der Waals surface area contributed by atoms with E-state index in [1.54, 1.807) is 6.20 Å². The molecule has 0 unspecified atom stereocenters. The van der Waals surface area contributed by atoms with Gasteiger partial charge in [-0.2, -0.15) is 0 Å².